The SMILES string of the molecule is COc1ccccc1C(C)NC(=O)CN(Cc1ccc(Cl)cc1)S(=O)(=O)c1c(C)cc(C)cc1C. The zero-order valence-corrected chi connectivity index (χ0v) is 22.2. The monoisotopic (exact) mass is 514 g/mol. The second-order valence-electron chi connectivity index (χ2n) is 8.66. The summed E-state index contributed by atoms with van der Waals surface area (Å²) < 4.78 is 34.3. The van der Waals surface area contributed by atoms with Gasteiger partial charge in [0, 0.05) is 17.1 Å². The van der Waals surface area contributed by atoms with E-state index in [4.69, 9.17) is 16.3 Å². The van der Waals surface area contributed by atoms with Crippen LogP contribution in [0.3, 0.4) is 0 Å². The van der Waals surface area contributed by atoms with Crippen LogP contribution in [-0.4, -0.2) is 32.3 Å². The van der Waals surface area contributed by atoms with Gasteiger partial charge in [-0.05, 0) is 62.6 Å². The smallest absolute Gasteiger partial charge is 0.244 e. The lowest BCUT2D eigenvalue weighted by Crippen LogP contribution is -2.41. The molecule has 0 aliphatic rings. The lowest BCUT2D eigenvalue weighted by Gasteiger charge is -2.25. The third kappa shape index (κ3) is 6.42. The number of ether oxygens (including phenoxy) is 1. The number of sulfonamides is 1. The first-order valence-electron chi connectivity index (χ1n) is 11.3. The number of hydrogen-bond donors (Lipinski definition) is 1. The first-order valence-corrected chi connectivity index (χ1v) is 13.1. The largest absolute Gasteiger partial charge is 0.496 e. The second kappa shape index (κ2) is 11.2. The Labute approximate surface area is 212 Å². The normalized spacial score (nSPS) is 12.4. The maximum atomic E-state index is 13.8. The molecular weight excluding hydrogens is 484 g/mol. The van der Waals surface area contributed by atoms with Crippen LogP contribution in [0.5, 0.6) is 5.75 Å². The molecule has 0 spiro atoms. The van der Waals surface area contributed by atoms with Crippen molar-refractivity contribution >= 4 is 27.5 Å². The number of methoxy groups -OCH3 is 1. The molecule has 0 radical (unpaired) electrons. The number of nitrogens with one attached hydrogen (secondary N) is 1. The number of nitrogens with zero attached hydrogens (tertiary/aromatic N) is 1. The first kappa shape index (κ1) is 26.7. The maximum Gasteiger partial charge on any atom is 0.244 e. The third-order valence-electron chi connectivity index (χ3n) is 5.78. The van der Waals surface area contributed by atoms with E-state index in [9.17, 15) is 13.2 Å². The average Bonchev–Trinajstić information content (AvgIpc) is 2.79. The van der Waals surface area contributed by atoms with Gasteiger partial charge >= 0.3 is 0 Å². The number of carbonyl (C=O) groups is 1. The molecule has 0 bridgehead atoms. The van der Waals surface area contributed by atoms with Crippen molar-refractivity contribution in [3.8, 4) is 5.75 Å². The quantitative estimate of drug-likeness (QED) is 0.418. The van der Waals surface area contributed by atoms with Gasteiger partial charge in [0.05, 0.1) is 24.6 Å². The van der Waals surface area contributed by atoms with Crippen molar-refractivity contribution in [2.24, 2.45) is 0 Å². The summed E-state index contributed by atoms with van der Waals surface area (Å²) in [6.07, 6.45) is 0. The Morgan fingerprint density at radius 3 is 2.23 bits per heavy atom. The fourth-order valence-electron chi connectivity index (χ4n) is 4.27. The summed E-state index contributed by atoms with van der Waals surface area (Å²) in [4.78, 5) is 13.3. The van der Waals surface area contributed by atoms with Crippen LogP contribution in [0, 0.1) is 20.8 Å². The molecule has 1 atom stereocenters. The highest BCUT2D eigenvalue weighted by molar-refractivity contribution is 7.89. The fraction of sp³-hybridized carbons (Fsp3) is 0.296. The van der Waals surface area contributed by atoms with E-state index in [0.717, 1.165) is 16.7 Å². The van der Waals surface area contributed by atoms with Crippen molar-refractivity contribution in [3.63, 3.8) is 0 Å². The van der Waals surface area contributed by atoms with Crippen LogP contribution >= 0.6 is 11.6 Å². The average molecular weight is 515 g/mol. The molecule has 8 heteroatoms. The summed E-state index contributed by atoms with van der Waals surface area (Å²) in [5, 5.41) is 3.46. The standard InChI is InChI=1S/C27H31ClN2O4S/c1-18-14-19(2)27(20(3)15-18)35(32,33)30(16-22-10-12-23(28)13-11-22)17-26(31)29-21(4)24-8-6-7-9-25(24)34-5/h6-15,21H,16-17H2,1-5H3,(H,29,31). The van der Waals surface area contributed by atoms with Crippen molar-refractivity contribution in [1.29, 1.82) is 0 Å². The fourth-order valence-corrected chi connectivity index (χ4v) is 6.19. The summed E-state index contributed by atoms with van der Waals surface area (Å²) in [6, 6.07) is 17.6. The van der Waals surface area contributed by atoms with Crippen LogP contribution in [0.15, 0.2) is 65.6 Å². The summed E-state index contributed by atoms with van der Waals surface area (Å²) in [6.45, 7) is 7.00. The van der Waals surface area contributed by atoms with Crippen molar-refractivity contribution in [1.82, 2.24) is 9.62 Å². The molecular formula is C27H31ClN2O4S. The van der Waals surface area contributed by atoms with Crippen LogP contribution in [-0.2, 0) is 21.4 Å². The van der Waals surface area contributed by atoms with Gasteiger partial charge in [-0.1, -0.05) is 59.6 Å². The van der Waals surface area contributed by atoms with E-state index < -0.39 is 15.9 Å². The van der Waals surface area contributed by atoms with Gasteiger partial charge in [0.15, 0.2) is 0 Å². The van der Waals surface area contributed by atoms with Gasteiger partial charge in [0.25, 0.3) is 0 Å². The van der Waals surface area contributed by atoms with Crippen LogP contribution in [0.25, 0.3) is 0 Å². The van der Waals surface area contributed by atoms with Gasteiger partial charge in [0.1, 0.15) is 5.75 Å². The van der Waals surface area contributed by atoms with Crippen LogP contribution < -0.4 is 10.1 Å². The van der Waals surface area contributed by atoms with E-state index in [0.29, 0.717) is 21.9 Å². The highest BCUT2D eigenvalue weighted by Crippen LogP contribution is 2.28. The van der Waals surface area contributed by atoms with Gasteiger partial charge in [-0.15, -0.1) is 0 Å². The molecule has 1 unspecified atom stereocenters. The molecule has 0 aliphatic heterocycles. The molecule has 6 nitrogen and oxygen atoms in total. The highest BCUT2D eigenvalue weighted by atomic mass is 35.5. The molecule has 35 heavy (non-hydrogen) atoms. The van der Waals surface area contributed by atoms with E-state index in [-0.39, 0.29) is 24.0 Å². The molecule has 0 saturated heterocycles. The lowest BCUT2D eigenvalue weighted by atomic mass is 10.1. The van der Waals surface area contributed by atoms with Crippen molar-refractivity contribution in [2.45, 2.75) is 45.2 Å². The molecule has 3 aromatic carbocycles. The Morgan fingerprint density at radius 2 is 1.63 bits per heavy atom. The van der Waals surface area contributed by atoms with Crippen molar-refractivity contribution < 1.29 is 17.9 Å². The topological polar surface area (TPSA) is 75.7 Å². The van der Waals surface area contributed by atoms with Crippen LogP contribution in [0.1, 0.15) is 40.8 Å². The molecule has 0 fully saturated rings. The Morgan fingerprint density at radius 1 is 1.03 bits per heavy atom. The van der Waals surface area contributed by atoms with Crippen molar-refractivity contribution in [2.75, 3.05) is 13.7 Å². The van der Waals surface area contributed by atoms with Gasteiger partial charge in [-0.3, -0.25) is 4.79 Å². The molecule has 3 aromatic rings. The van der Waals surface area contributed by atoms with Gasteiger partial charge in [-0.2, -0.15) is 4.31 Å². The molecule has 1 N–H and O–H groups in total. The third-order valence-corrected chi connectivity index (χ3v) is 8.13. The number of hydrogen-bond acceptors (Lipinski definition) is 4. The number of para-hydroxylation sites is 1. The number of benzene rings is 3. The Kier molecular flexibility index (Phi) is 8.59. The first-order chi connectivity index (χ1) is 16.5. The number of halogens is 1. The Hall–Kier alpha value is -2.87. The molecule has 1 amide bonds. The number of amides is 1. The lowest BCUT2D eigenvalue weighted by molar-refractivity contribution is -0.122. The molecule has 0 saturated carbocycles. The zero-order valence-electron chi connectivity index (χ0n) is 20.6. The summed E-state index contributed by atoms with van der Waals surface area (Å²) in [5.74, 6) is 0.236. The highest BCUT2D eigenvalue weighted by Gasteiger charge is 2.30. The Bertz CT molecular complexity index is 1280. The van der Waals surface area contributed by atoms with Gasteiger partial charge in [0.2, 0.25) is 15.9 Å². The molecule has 0 aromatic heterocycles. The van der Waals surface area contributed by atoms with E-state index in [1.165, 1.54) is 4.31 Å². The minimum atomic E-state index is -3.98. The molecule has 0 heterocycles. The maximum absolute atomic E-state index is 13.8. The van der Waals surface area contributed by atoms with E-state index in [1.54, 1.807) is 45.2 Å². The zero-order chi connectivity index (χ0) is 25.8. The van der Waals surface area contributed by atoms with Crippen LogP contribution in [0.4, 0.5) is 0 Å². The summed E-state index contributed by atoms with van der Waals surface area (Å²) >= 11 is 6.01. The van der Waals surface area contributed by atoms with E-state index in [1.807, 2.05) is 50.2 Å². The van der Waals surface area contributed by atoms with Crippen molar-refractivity contribution in [3.05, 3.63) is 93.5 Å². The molecule has 3 rings (SSSR count). The number of rotatable bonds is 9. The van der Waals surface area contributed by atoms with E-state index >= 15 is 0 Å². The summed E-state index contributed by atoms with van der Waals surface area (Å²) in [7, 11) is -2.41. The Balaban J connectivity index is 1.93. The minimum Gasteiger partial charge on any atom is -0.496 e. The van der Waals surface area contributed by atoms with Crippen LogP contribution in [0.2, 0.25) is 5.02 Å². The number of aryl methyl sites for hydroxylation is 3. The summed E-state index contributed by atoms with van der Waals surface area (Å²) in [5.41, 5.74) is 3.80. The van der Waals surface area contributed by atoms with Gasteiger partial charge in [-0.25, -0.2) is 8.42 Å². The van der Waals surface area contributed by atoms with E-state index in [2.05, 4.69) is 5.32 Å². The minimum absolute atomic E-state index is 0.0305. The second-order valence-corrected chi connectivity index (χ2v) is 11.0. The number of carbonyl (C=O) groups excluding carboxylic acids is 1. The molecule has 0 aliphatic carbocycles. The molecule has 186 valence electrons. The predicted molar refractivity (Wildman–Crippen MR) is 139 cm³/mol. The predicted octanol–water partition coefficient (Wildman–Crippen LogP) is 5.34. The van der Waals surface area contributed by atoms with Gasteiger partial charge < -0.3 is 10.1 Å².